The number of rotatable bonds is 7. The summed E-state index contributed by atoms with van der Waals surface area (Å²) >= 11 is 0. The number of carbonyl (C=O) groups is 1. The minimum Gasteiger partial charge on any atom is -0.391 e. The molecule has 1 aromatic heterocycles. The largest absolute Gasteiger partial charge is 0.391 e. The monoisotopic (exact) mass is 269 g/mol. The Balaban J connectivity index is 2.45. The van der Waals surface area contributed by atoms with E-state index in [1.807, 2.05) is 27.7 Å². The maximum atomic E-state index is 11.8. The summed E-state index contributed by atoms with van der Waals surface area (Å²) in [6.45, 7) is 8.22. The molecule has 0 saturated carbocycles. The molecule has 2 N–H and O–H groups in total. The van der Waals surface area contributed by atoms with Crippen LogP contribution < -0.4 is 5.32 Å². The summed E-state index contributed by atoms with van der Waals surface area (Å²) in [7, 11) is 0. The molecule has 0 aliphatic rings. The molecule has 108 valence electrons. The Kier molecular flexibility index (Phi) is 5.88. The van der Waals surface area contributed by atoms with Crippen molar-refractivity contribution in [1.29, 1.82) is 0 Å². The molecular weight excluding hydrogens is 246 g/mol. The highest BCUT2D eigenvalue weighted by Gasteiger charge is 2.16. The third kappa shape index (κ3) is 4.59. The van der Waals surface area contributed by atoms with Crippen LogP contribution in [0.15, 0.2) is 0 Å². The maximum absolute atomic E-state index is 11.8. The number of hydrogen-bond acceptors (Lipinski definition) is 5. The quantitative estimate of drug-likeness (QED) is 0.743. The summed E-state index contributed by atoms with van der Waals surface area (Å²) in [5.41, 5.74) is 0. The number of hydrogen-bond donors (Lipinski definition) is 2. The fourth-order valence-electron chi connectivity index (χ4n) is 1.62. The van der Waals surface area contributed by atoms with Crippen molar-refractivity contribution >= 4 is 5.91 Å². The first kappa shape index (κ1) is 15.6. The lowest BCUT2D eigenvalue weighted by Crippen LogP contribution is -2.37. The average Bonchev–Trinajstić information content (AvgIpc) is 2.83. The molecule has 1 rings (SSSR count). The second kappa shape index (κ2) is 7.18. The Bertz CT molecular complexity index is 405. The van der Waals surface area contributed by atoms with Crippen LogP contribution in [0.25, 0.3) is 0 Å². The zero-order chi connectivity index (χ0) is 14.4. The topological polar surface area (TPSA) is 92.9 Å². The van der Waals surface area contributed by atoms with Crippen LogP contribution in [-0.2, 0) is 11.3 Å². The molecule has 0 aliphatic carbocycles. The number of aliphatic hydroxyl groups excluding tert-OH is 1. The van der Waals surface area contributed by atoms with Crippen molar-refractivity contribution in [2.75, 3.05) is 6.54 Å². The van der Waals surface area contributed by atoms with Crippen molar-refractivity contribution in [2.45, 2.75) is 52.7 Å². The molecule has 1 heterocycles. The molecule has 2 unspecified atom stereocenters. The Labute approximate surface area is 113 Å². The van der Waals surface area contributed by atoms with Gasteiger partial charge >= 0.3 is 0 Å². The lowest BCUT2D eigenvalue weighted by Gasteiger charge is -2.17. The fraction of sp³-hybridized carbons (Fsp3) is 0.833. The van der Waals surface area contributed by atoms with Gasteiger partial charge in [-0.05, 0) is 16.3 Å². The third-order valence-electron chi connectivity index (χ3n) is 3.18. The van der Waals surface area contributed by atoms with Crippen LogP contribution in [0, 0.1) is 5.92 Å². The molecule has 0 aromatic carbocycles. The summed E-state index contributed by atoms with van der Waals surface area (Å²) < 4.78 is 1.48. The zero-order valence-corrected chi connectivity index (χ0v) is 12.0. The smallest absolute Gasteiger partial charge is 0.241 e. The van der Waals surface area contributed by atoms with E-state index in [0.717, 1.165) is 6.42 Å². The van der Waals surface area contributed by atoms with Gasteiger partial charge < -0.3 is 10.4 Å². The normalized spacial score (nSPS) is 14.4. The molecule has 7 heteroatoms. The van der Waals surface area contributed by atoms with Gasteiger partial charge in [-0.3, -0.25) is 4.79 Å². The lowest BCUT2D eigenvalue weighted by atomic mass is 10.0. The van der Waals surface area contributed by atoms with Crippen LogP contribution in [-0.4, -0.2) is 43.9 Å². The predicted molar refractivity (Wildman–Crippen MR) is 70.4 cm³/mol. The van der Waals surface area contributed by atoms with Crippen LogP contribution >= 0.6 is 0 Å². The van der Waals surface area contributed by atoms with E-state index in [-0.39, 0.29) is 30.8 Å². The SMILES string of the molecule is CCC(C)C(O)CNC(=O)Cn1nnnc1C(C)C. The van der Waals surface area contributed by atoms with Crippen molar-refractivity contribution in [2.24, 2.45) is 5.92 Å². The van der Waals surface area contributed by atoms with Gasteiger partial charge in [0, 0.05) is 12.5 Å². The van der Waals surface area contributed by atoms with Crippen molar-refractivity contribution in [1.82, 2.24) is 25.5 Å². The summed E-state index contributed by atoms with van der Waals surface area (Å²) in [5, 5.41) is 23.7. The number of nitrogens with one attached hydrogen (secondary N) is 1. The lowest BCUT2D eigenvalue weighted by molar-refractivity contribution is -0.122. The van der Waals surface area contributed by atoms with Crippen LogP contribution in [0.4, 0.5) is 0 Å². The van der Waals surface area contributed by atoms with E-state index < -0.39 is 6.10 Å². The molecule has 0 aliphatic heterocycles. The van der Waals surface area contributed by atoms with Gasteiger partial charge in [-0.25, -0.2) is 4.68 Å². The van der Waals surface area contributed by atoms with Crippen LogP contribution in [0.3, 0.4) is 0 Å². The fourth-order valence-corrected chi connectivity index (χ4v) is 1.62. The predicted octanol–water partition coefficient (Wildman–Crippen LogP) is 0.320. The van der Waals surface area contributed by atoms with Crippen molar-refractivity contribution in [3.63, 3.8) is 0 Å². The van der Waals surface area contributed by atoms with E-state index in [1.54, 1.807) is 0 Å². The average molecular weight is 269 g/mol. The molecular formula is C12H23N5O2. The first-order chi connectivity index (χ1) is 8.95. The van der Waals surface area contributed by atoms with Crippen LogP contribution in [0.1, 0.15) is 45.9 Å². The number of nitrogens with zero attached hydrogens (tertiary/aromatic N) is 4. The van der Waals surface area contributed by atoms with Gasteiger partial charge in [0.05, 0.1) is 6.10 Å². The highest BCUT2D eigenvalue weighted by atomic mass is 16.3. The van der Waals surface area contributed by atoms with Crippen LogP contribution in [0.2, 0.25) is 0 Å². The number of aromatic nitrogens is 4. The number of tetrazole rings is 1. The Morgan fingerprint density at radius 2 is 2.11 bits per heavy atom. The molecule has 0 bridgehead atoms. The van der Waals surface area contributed by atoms with E-state index in [2.05, 4.69) is 20.8 Å². The molecule has 0 saturated heterocycles. The molecule has 1 aromatic rings. The summed E-state index contributed by atoms with van der Waals surface area (Å²) in [5.74, 6) is 0.808. The summed E-state index contributed by atoms with van der Waals surface area (Å²) in [6.07, 6.45) is 0.356. The maximum Gasteiger partial charge on any atom is 0.241 e. The van der Waals surface area contributed by atoms with Gasteiger partial charge in [-0.2, -0.15) is 0 Å². The third-order valence-corrected chi connectivity index (χ3v) is 3.18. The molecule has 0 spiro atoms. The van der Waals surface area contributed by atoms with Crippen LogP contribution in [0.5, 0.6) is 0 Å². The second-order valence-corrected chi connectivity index (χ2v) is 5.11. The van der Waals surface area contributed by atoms with Gasteiger partial charge in [-0.15, -0.1) is 5.10 Å². The van der Waals surface area contributed by atoms with E-state index >= 15 is 0 Å². The minimum absolute atomic E-state index is 0.0771. The standard InChI is InChI=1S/C12H23N5O2/c1-5-9(4)10(18)6-13-11(19)7-17-12(8(2)3)14-15-16-17/h8-10,18H,5-7H2,1-4H3,(H,13,19). The van der Waals surface area contributed by atoms with E-state index in [9.17, 15) is 9.90 Å². The van der Waals surface area contributed by atoms with E-state index in [0.29, 0.717) is 5.82 Å². The molecule has 7 nitrogen and oxygen atoms in total. The highest BCUT2D eigenvalue weighted by molar-refractivity contribution is 5.75. The number of amides is 1. The zero-order valence-electron chi connectivity index (χ0n) is 12.0. The van der Waals surface area contributed by atoms with E-state index in [4.69, 9.17) is 0 Å². The van der Waals surface area contributed by atoms with E-state index in [1.165, 1.54) is 4.68 Å². The van der Waals surface area contributed by atoms with Crippen molar-refractivity contribution in [3.8, 4) is 0 Å². The minimum atomic E-state index is -0.521. The molecule has 2 atom stereocenters. The number of aliphatic hydroxyl groups is 1. The Morgan fingerprint density at radius 1 is 1.42 bits per heavy atom. The molecule has 1 amide bonds. The second-order valence-electron chi connectivity index (χ2n) is 5.11. The Hall–Kier alpha value is -1.50. The van der Waals surface area contributed by atoms with Gasteiger partial charge in [-0.1, -0.05) is 34.1 Å². The van der Waals surface area contributed by atoms with Crippen molar-refractivity contribution in [3.05, 3.63) is 5.82 Å². The Morgan fingerprint density at radius 3 is 2.68 bits per heavy atom. The number of carbonyl (C=O) groups excluding carboxylic acids is 1. The molecule has 0 fully saturated rings. The van der Waals surface area contributed by atoms with Crippen molar-refractivity contribution < 1.29 is 9.90 Å². The highest BCUT2D eigenvalue weighted by Crippen LogP contribution is 2.09. The molecule has 0 radical (unpaired) electrons. The molecule has 19 heavy (non-hydrogen) atoms. The summed E-state index contributed by atoms with van der Waals surface area (Å²) in [4.78, 5) is 11.8. The van der Waals surface area contributed by atoms with Gasteiger partial charge in [0.15, 0.2) is 5.82 Å². The first-order valence-electron chi connectivity index (χ1n) is 6.66. The van der Waals surface area contributed by atoms with Gasteiger partial charge in [0.25, 0.3) is 0 Å². The van der Waals surface area contributed by atoms with Gasteiger partial charge in [0.2, 0.25) is 5.91 Å². The first-order valence-corrected chi connectivity index (χ1v) is 6.66. The summed E-state index contributed by atoms with van der Waals surface area (Å²) in [6, 6.07) is 0. The van der Waals surface area contributed by atoms with Gasteiger partial charge in [0.1, 0.15) is 6.54 Å².